The number of nitrogens with zero attached hydrogens (tertiary/aromatic N) is 2. The Morgan fingerprint density at radius 1 is 1.06 bits per heavy atom. The lowest BCUT2D eigenvalue weighted by Gasteiger charge is -2.36. The molecule has 0 saturated carbocycles. The second-order valence-corrected chi connectivity index (χ2v) is 8.72. The van der Waals surface area contributed by atoms with Gasteiger partial charge in [-0.2, -0.15) is 0 Å². The largest absolute Gasteiger partial charge is 0.459 e. The van der Waals surface area contributed by atoms with Gasteiger partial charge in [0.2, 0.25) is 5.91 Å². The molecule has 2 amide bonds. The molecule has 2 unspecified atom stereocenters. The van der Waals surface area contributed by atoms with Gasteiger partial charge in [0.25, 0.3) is 5.91 Å². The highest BCUT2D eigenvalue weighted by molar-refractivity contribution is 5.96. The summed E-state index contributed by atoms with van der Waals surface area (Å²) in [5, 5.41) is 3.12. The lowest BCUT2D eigenvalue weighted by atomic mass is 9.93. The van der Waals surface area contributed by atoms with Gasteiger partial charge in [0.1, 0.15) is 6.04 Å². The van der Waals surface area contributed by atoms with E-state index in [0.29, 0.717) is 19.5 Å². The number of carbonyl (C=O) groups is 2. The molecule has 3 aromatic rings. The van der Waals surface area contributed by atoms with E-state index >= 15 is 0 Å². The van der Waals surface area contributed by atoms with Gasteiger partial charge in [-0.15, -0.1) is 0 Å². The Balaban J connectivity index is 1.53. The normalized spacial score (nSPS) is 16.4. The topological polar surface area (TPSA) is 65.8 Å². The van der Waals surface area contributed by atoms with E-state index in [1.54, 1.807) is 17.0 Å². The van der Waals surface area contributed by atoms with Crippen LogP contribution in [0.5, 0.6) is 0 Å². The Morgan fingerprint density at radius 2 is 1.79 bits per heavy atom. The number of hydrogen-bond donors (Lipinski definition) is 1. The SMILES string of the molecule is CCc1ccc(C(CNC(=O)C2Cc3ccccc3CN2C(=O)c2ccco2)N(C)C)cc1. The van der Waals surface area contributed by atoms with E-state index in [1.807, 2.05) is 38.4 Å². The van der Waals surface area contributed by atoms with Gasteiger partial charge in [0.15, 0.2) is 5.76 Å². The number of aryl methyl sites for hydroxylation is 1. The molecule has 0 fully saturated rings. The van der Waals surface area contributed by atoms with Crippen LogP contribution in [0.1, 0.15) is 45.8 Å². The van der Waals surface area contributed by atoms with E-state index in [0.717, 1.165) is 23.1 Å². The third-order valence-corrected chi connectivity index (χ3v) is 6.41. The molecule has 0 bridgehead atoms. The van der Waals surface area contributed by atoms with E-state index in [1.165, 1.54) is 11.8 Å². The minimum absolute atomic E-state index is 0.0324. The van der Waals surface area contributed by atoms with Gasteiger partial charge in [0.05, 0.1) is 12.3 Å². The molecule has 33 heavy (non-hydrogen) atoms. The van der Waals surface area contributed by atoms with Crippen molar-refractivity contribution in [1.82, 2.24) is 15.1 Å². The number of carbonyl (C=O) groups excluding carboxylic acids is 2. The number of nitrogens with one attached hydrogen (secondary N) is 1. The number of fused-ring (bicyclic) bond motifs is 1. The Labute approximate surface area is 195 Å². The summed E-state index contributed by atoms with van der Waals surface area (Å²) in [7, 11) is 4.02. The Kier molecular flexibility index (Phi) is 6.94. The van der Waals surface area contributed by atoms with Crippen molar-refractivity contribution in [3.05, 3.63) is 94.9 Å². The summed E-state index contributed by atoms with van der Waals surface area (Å²) in [5.74, 6) is -0.176. The number of hydrogen-bond acceptors (Lipinski definition) is 4. The third-order valence-electron chi connectivity index (χ3n) is 6.41. The summed E-state index contributed by atoms with van der Waals surface area (Å²) in [4.78, 5) is 30.3. The maximum atomic E-state index is 13.4. The molecule has 2 heterocycles. The summed E-state index contributed by atoms with van der Waals surface area (Å²) in [5.41, 5.74) is 4.59. The van der Waals surface area contributed by atoms with Crippen LogP contribution in [0.4, 0.5) is 0 Å². The van der Waals surface area contributed by atoms with Crippen molar-refractivity contribution >= 4 is 11.8 Å². The summed E-state index contributed by atoms with van der Waals surface area (Å²) >= 11 is 0. The molecule has 0 radical (unpaired) electrons. The lowest BCUT2D eigenvalue weighted by Crippen LogP contribution is -2.53. The molecule has 0 saturated heterocycles. The molecule has 172 valence electrons. The number of likely N-dealkylation sites (N-methyl/N-ethyl adjacent to an activating group) is 1. The van der Waals surface area contributed by atoms with Crippen LogP contribution in [-0.4, -0.2) is 48.3 Å². The van der Waals surface area contributed by atoms with E-state index in [-0.39, 0.29) is 23.6 Å². The van der Waals surface area contributed by atoms with Gasteiger partial charge < -0.3 is 19.5 Å². The number of rotatable bonds is 7. The minimum atomic E-state index is -0.595. The highest BCUT2D eigenvalue weighted by atomic mass is 16.3. The number of furan rings is 1. The quantitative estimate of drug-likeness (QED) is 0.600. The number of amides is 2. The fraction of sp³-hybridized carbons (Fsp3) is 0.333. The maximum absolute atomic E-state index is 13.4. The van der Waals surface area contributed by atoms with Crippen LogP contribution in [0.15, 0.2) is 71.3 Å². The number of benzene rings is 2. The van der Waals surface area contributed by atoms with Gasteiger partial charge in [0, 0.05) is 19.5 Å². The minimum Gasteiger partial charge on any atom is -0.459 e. The van der Waals surface area contributed by atoms with Crippen LogP contribution in [0.3, 0.4) is 0 Å². The van der Waals surface area contributed by atoms with Crippen LogP contribution in [0, 0.1) is 0 Å². The smallest absolute Gasteiger partial charge is 0.290 e. The lowest BCUT2D eigenvalue weighted by molar-refractivity contribution is -0.126. The first-order valence-corrected chi connectivity index (χ1v) is 11.4. The molecular weight excluding hydrogens is 414 g/mol. The monoisotopic (exact) mass is 445 g/mol. The molecule has 2 atom stereocenters. The standard InChI is InChI=1S/C27H31N3O3/c1-4-19-11-13-20(14-12-19)24(29(2)3)17-28-26(31)23-16-21-8-5-6-9-22(21)18-30(23)27(32)25-10-7-15-33-25/h5-15,23-24H,4,16-18H2,1-3H3,(H,28,31). The van der Waals surface area contributed by atoms with Crippen LogP contribution < -0.4 is 5.32 Å². The molecule has 4 rings (SSSR count). The van der Waals surface area contributed by atoms with E-state index < -0.39 is 6.04 Å². The highest BCUT2D eigenvalue weighted by Crippen LogP contribution is 2.26. The van der Waals surface area contributed by atoms with Crippen molar-refractivity contribution in [1.29, 1.82) is 0 Å². The van der Waals surface area contributed by atoms with Crippen molar-refractivity contribution in [2.24, 2.45) is 0 Å². The molecule has 6 heteroatoms. The van der Waals surface area contributed by atoms with Gasteiger partial charge in [-0.05, 0) is 54.9 Å². The highest BCUT2D eigenvalue weighted by Gasteiger charge is 2.36. The second kappa shape index (κ2) is 10.0. The molecule has 2 aromatic carbocycles. The van der Waals surface area contributed by atoms with Crippen molar-refractivity contribution in [3.63, 3.8) is 0 Å². The summed E-state index contributed by atoms with van der Waals surface area (Å²) in [6.07, 6.45) is 2.95. The fourth-order valence-corrected chi connectivity index (χ4v) is 4.40. The first kappa shape index (κ1) is 22.8. The molecule has 0 aliphatic carbocycles. The second-order valence-electron chi connectivity index (χ2n) is 8.72. The summed E-state index contributed by atoms with van der Waals surface area (Å²) in [6.45, 7) is 2.97. The van der Waals surface area contributed by atoms with Gasteiger partial charge in [-0.25, -0.2) is 0 Å². The van der Waals surface area contributed by atoms with E-state index in [2.05, 4.69) is 41.4 Å². The Bertz CT molecular complexity index is 1090. The first-order chi connectivity index (χ1) is 16.0. The first-order valence-electron chi connectivity index (χ1n) is 11.4. The summed E-state index contributed by atoms with van der Waals surface area (Å²) < 4.78 is 5.34. The van der Waals surface area contributed by atoms with Crippen LogP contribution >= 0.6 is 0 Å². The van der Waals surface area contributed by atoms with Gasteiger partial charge in [-0.3, -0.25) is 9.59 Å². The van der Waals surface area contributed by atoms with Crippen molar-refractivity contribution < 1.29 is 14.0 Å². The maximum Gasteiger partial charge on any atom is 0.290 e. The van der Waals surface area contributed by atoms with Crippen LogP contribution in [0.25, 0.3) is 0 Å². The predicted molar refractivity (Wildman–Crippen MR) is 128 cm³/mol. The molecule has 1 aliphatic heterocycles. The van der Waals surface area contributed by atoms with E-state index in [4.69, 9.17) is 4.42 Å². The average molecular weight is 446 g/mol. The van der Waals surface area contributed by atoms with Gasteiger partial charge in [-0.1, -0.05) is 55.5 Å². The molecule has 1 aliphatic rings. The van der Waals surface area contributed by atoms with Crippen LogP contribution in [0.2, 0.25) is 0 Å². The Hall–Kier alpha value is -3.38. The molecular formula is C27H31N3O3. The third kappa shape index (κ3) is 5.01. The molecule has 0 spiro atoms. The van der Waals surface area contributed by atoms with E-state index in [9.17, 15) is 9.59 Å². The fourth-order valence-electron chi connectivity index (χ4n) is 4.40. The molecule has 1 N–H and O–H groups in total. The molecule has 1 aromatic heterocycles. The van der Waals surface area contributed by atoms with Crippen LogP contribution in [-0.2, 0) is 24.2 Å². The van der Waals surface area contributed by atoms with Crippen molar-refractivity contribution in [2.75, 3.05) is 20.6 Å². The average Bonchev–Trinajstić information content (AvgIpc) is 3.38. The zero-order valence-corrected chi connectivity index (χ0v) is 19.5. The van der Waals surface area contributed by atoms with Crippen molar-refractivity contribution in [2.45, 2.75) is 38.4 Å². The molecule has 6 nitrogen and oxygen atoms in total. The van der Waals surface area contributed by atoms with Crippen molar-refractivity contribution in [3.8, 4) is 0 Å². The predicted octanol–water partition coefficient (Wildman–Crippen LogP) is 3.83. The van der Waals surface area contributed by atoms with Gasteiger partial charge >= 0.3 is 0 Å². The zero-order valence-electron chi connectivity index (χ0n) is 19.5. The summed E-state index contributed by atoms with van der Waals surface area (Å²) in [6, 6.07) is 19.2. The zero-order chi connectivity index (χ0) is 23.4. The Morgan fingerprint density at radius 3 is 2.42 bits per heavy atom.